The second kappa shape index (κ2) is 9.07. The van der Waals surface area contributed by atoms with Crippen LogP contribution in [-0.2, 0) is 20.9 Å². The van der Waals surface area contributed by atoms with E-state index in [1.807, 2.05) is 0 Å². The summed E-state index contributed by atoms with van der Waals surface area (Å²) in [6.07, 6.45) is 1.53. The van der Waals surface area contributed by atoms with Crippen molar-refractivity contribution in [2.75, 3.05) is 32.1 Å². The number of hydrogen-bond donors (Lipinski definition) is 3. The van der Waals surface area contributed by atoms with E-state index in [9.17, 15) is 14.4 Å². The first-order chi connectivity index (χ1) is 14.0. The van der Waals surface area contributed by atoms with Crippen LogP contribution in [0.25, 0.3) is 0 Å². The molecular formula is C20H21N3O6. The van der Waals surface area contributed by atoms with E-state index in [4.69, 9.17) is 14.3 Å². The molecule has 0 atom stereocenters. The van der Waals surface area contributed by atoms with Crippen LogP contribution in [-0.4, -0.2) is 54.6 Å². The fourth-order valence-corrected chi connectivity index (χ4v) is 2.88. The molecule has 1 aromatic carbocycles. The van der Waals surface area contributed by atoms with Crippen molar-refractivity contribution in [1.82, 2.24) is 10.2 Å². The Morgan fingerprint density at radius 3 is 2.62 bits per heavy atom. The van der Waals surface area contributed by atoms with Gasteiger partial charge in [-0.15, -0.1) is 0 Å². The van der Waals surface area contributed by atoms with E-state index in [0.717, 1.165) is 0 Å². The van der Waals surface area contributed by atoms with Gasteiger partial charge in [-0.05, 0) is 36.4 Å². The monoisotopic (exact) mass is 399 g/mol. The highest BCUT2D eigenvalue weighted by Gasteiger charge is 2.34. The maximum atomic E-state index is 12.5. The Labute approximate surface area is 166 Å². The lowest BCUT2D eigenvalue weighted by atomic mass is 10.1. The van der Waals surface area contributed by atoms with Gasteiger partial charge in [-0.3, -0.25) is 9.59 Å². The molecule has 2 heterocycles. The number of anilines is 1. The van der Waals surface area contributed by atoms with Crippen molar-refractivity contribution in [3.05, 3.63) is 65.3 Å². The lowest BCUT2D eigenvalue weighted by molar-refractivity contribution is -0.136. The van der Waals surface area contributed by atoms with Crippen LogP contribution < -0.4 is 10.6 Å². The minimum Gasteiger partial charge on any atom is -0.467 e. The molecule has 3 N–H and O–H groups in total. The summed E-state index contributed by atoms with van der Waals surface area (Å²) in [7, 11) is 1.24. The predicted octanol–water partition coefficient (Wildman–Crippen LogP) is 0.883. The molecule has 0 fully saturated rings. The Kier molecular flexibility index (Phi) is 6.30. The van der Waals surface area contributed by atoms with Gasteiger partial charge in [0.05, 0.1) is 38.6 Å². The average Bonchev–Trinajstić information content (AvgIpc) is 3.36. The van der Waals surface area contributed by atoms with Gasteiger partial charge < -0.3 is 29.8 Å². The van der Waals surface area contributed by atoms with Crippen LogP contribution in [0.5, 0.6) is 0 Å². The number of furan rings is 1. The molecule has 0 spiro atoms. The zero-order valence-corrected chi connectivity index (χ0v) is 15.8. The summed E-state index contributed by atoms with van der Waals surface area (Å²) in [6.45, 7) is 0.229. The number of carbonyl (C=O) groups is 3. The number of rotatable bonds is 8. The van der Waals surface area contributed by atoms with Crippen LogP contribution in [0.1, 0.15) is 16.1 Å². The standard InChI is InChI=1S/C20H21N3O6/c1-28-20(27)16-12-23(8-9-24)19(26)17(16)22-14-6-4-13(5-7-14)18(25)21-11-15-3-2-10-29-15/h2-7,10,22,24H,8-9,11-12H2,1H3,(H,21,25). The normalized spacial score (nSPS) is 13.6. The van der Waals surface area contributed by atoms with Gasteiger partial charge in [0.2, 0.25) is 0 Å². The molecule has 1 aliphatic heterocycles. The Balaban J connectivity index is 1.69. The molecule has 0 bridgehead atoms. The Morgan fingerprint density at radius 1 is 1.24 bits per heavy atom. The largest absolute Gasteiger partial charge is 0.467 e. The van der Waals surface area contributed by atoms with Gasteiger partial charge in [0.25, 0.3) is 11.8 Å². The molecule has 0 radical (unpaired) electrons. The SMILES string of the molecule is COC(=O)C1=C(Nc2ccc(C(=O)NCc3ccco3)cc2)C(=O)N(CCO)C1. The van der Waals surface area contributed by atoms with Crippen LogP contribution in [0.2, 0.25) is 0 Å². The van der Waals surface area contributed by atoms with E-state index in [-0.39, 0.29) is 43.4 Å². The third-order valence-electron chi connectivity index (χ3n) is 4.37. The molecule has 9 nitrogen and oxygen atoms in total. The molecule has 0 saturated heterocycles. The Hall–Kier alpha value is -3.59. The molecule has 0 unspecified atom stereocenters. The first-order valence-electron chi connectivity index (χ1n) is 8.92. The van der Waals surface area contributed by atoms with Gasteiger partial charge in [0, 0.05) is 17.8 Å². The number of amides is 2. The minimum atomic E-state index is -0.616. The first kappa shape index (κ1) is 20.2. The molecule has 3 rings (SSSR count). The molecule has 9 heteroatoms. The van der Waals surface area contributed by atoms with Gasteiger partial charge in [-0.1, -0.05) is 0 Å². The maximum Gasteiger partial charge on any atom is 0.337 e. The topological polar surface area (TPSA) is 121 Å². The van der Waals surface area contributed by atoms with Crippen molar-refractivity contribution in [2.24, 2.45) is 0 Å². The number of aliphatic hydroxyl groups excluding tert-OH is 1. The smallest absolute Gasteiger partial charge is 0.337 e. The van der Waals surface area contributed by atoms with Gasteiger partial charge in [0.1, 0.15) is 11.5 Å². The van der Waals surface area contributed by atoms with E-state index in [2.05, 4.69) is 10.6 Å². The van der Waals surface area contributed by atoms with Crippen molar-refractivity contribution in [1.29, 1.82) is 0 Å². The van der Waals surface area contributed by atoms with Crippen LogP contribution in [0, 0.1) is 0 Å². The predicted molar refractivity (Wildman–Crippen MR) is 103 cm³/mol. The molecular weight excluding hydrogens is 378 g/mol. The molecule has 1 aromatic heterocycles. The number of aliphatic hydroxyl groups is 1. The molecule has 2 amide bonds. The van der Waals surface area contributed by atoms with Crippen molar-refractivity contribution >= 4 is 23.5 Å². The second-order valence-corrected chi connectivity index (χ2v) is 6.26. The van der Waals surface area contributed by atoms with Crippen molar-refractivity contribution in [3.63, 3.8) is 0 Å². The number of nitrogens with zero attached hydrogens (tertiary/aromatic N) is 1. The summed E-state index contributed by atoms with van der Waals surface area (Å²) < 4.78 is 9.91. The minimum absolute atomic E-state index is 0.0572. The number of esters is 1. The molecule has 0 aliphatic carbocycles. The number of benzene rings is 1. The van der Waals surface area contributed by atoms with Gasteiger partial charge in [-0.25, -0.2) is 4.79 Å². The van der Waals surface area contributed by atoms with E-state index in [0.29, 0.717) is 17.0 Å². The van der Waals surface area contributed by atoms with Gasteiger partial charge in [0.15, 0.2) is 0 Å². The van der Waals surface area contributed by atoms with Crippen LogP contribution >= 0.6 is 0 Å². The van der Waals surface area contributed by atoms with Crippen molar-refractivity contribution in [3.8, 4) is 0 Å². The Morgan fingerprint density at radius 2 is 2.00 bits per heavy atom. The van der Waals surface area contributed by atoms with E-state index in [1.54, 1.807) is 36.4 Å². The highest BCUT2D eigenvalue weighted by atomic mass is 16.5. The maximum absolute atomic E-state index is 12.5. The zero-order valence-electron chi connectivity index (χ0n) is 15.8. The lowest BCUT2D eigenvalue weighted by Gasteiger charge is -2.15. The summed E-state index contributed by atoms with van der Waals surface area (Å²) in [5.74, 6) is -0.644. The number of β-amino-alcohol motifs (C(OH)–C–C–N with tert-alkyl or cyclic N) is 1. The zero-order chi connectivity index (χ0) is 20.8. The fraction of sp³-hybridized carbons (Fsp3) is 0.250. The highest BCUT2D eigenvalue weighted by Crippen LogP contribution is 2.23. The number of hydrogen-bond acceptors (Lipinski definition) is 7. The third-order valence-corrected chi connectivity index (χ3v) is 4.37. The van der Waals surface area contributed by atoms with Gasteiger partial charge in [-0.2, -0.15) is 0 Å². The Bertz CT molecular complexity index is 918. The van der Waals surface area contributed by atoms with Crippen LogP contribution in [0.15, 0.2) is 58.3 Å². The quantitative estimate of drug-likeness (QED) is 0.564. The third kappa shape index (κ3) is 4.64. The summed E-state index contributed by atoms with van der Waals surface area (Å²) in [4.78, 5) is 38.1. The van der Waals surface area contributed by atoms with Gasteiger partial charge >= 0.3 is 5.97 Å². The highest BCUT2D eigenvalue weighted by molar-refractivity contribution is 6.08. The van der Waals surface area contributed by atoms with Crippen LogP contribution in [0.3, 0.4) is 0 Å². The average molecular weight is 399 g/mol. The summed E-state index contributed by atoms with van der Waals surface area (Å²) >= 11 is 0. The summed E-state index contributed by atoms with van der Waals surface area (Å²) in [5.41, 5.74) is 1.25. The van der Waals surface area contributed by atoms with E-state index in [1.165, 1.54) is 18.3 Å². The molecule has 0 saturated carbocycles. The van der Waals surface area contributed by atoms with Crippen molar-refractivity contribution in [2.45, 2.75) is 6.54 Å². The fourth-order valence-electron chi connectivity index (χ4n) is 2.88. The molecule has 29 heavy (non-hydrogen) atoms. The second-order valence-electron chi connectivity index (χ2n) is 6.26. The van der Waals surface area contributed by atoms with Crippen molar-refractivity contribution < 1.29 is 28.6 Å². The van der Waals surface area contributed by atoms with E-state index >= 15 is 0 Å². The molecule has 152 valence electrons. The molecule has 2 aromatic rings. The lowest BCUT2D eigenvalue weighted by Crippen LogP contribution is -2.31. The van der Waals surface area contributed by atoms with E-state index < -0.39 is 11.9 Å². The number of methoxy groups -OCH3 is 1. The number of carbonyl (C=O) groups excluding carboxylic acids is 3. The van der Waals surface area contributed by atoms with Crippen LogP contribution in [0.4, 0.5) is 5.69 Å². The number of nitrogens with one attached hydrogen (secondary N) is 2. The molecule has 1 aliphatic rings. The summed E-state index contributed by atoms with van der Waals surface area (Å²) in [5, 5.41) is 14.8. The number of ether oxygens (including phenoxy) is 1. The first-order valence-corrected chi connectivity index (χ1v) is 8.92. The summed E-state index contributed by atoms with van der Waals surface area (Å²) in [6, 6.07) is 9.97.